The molecule has 0 atom stereocenters. The third kappa shape index (κ3) is 3.83. The van der Waals surface area contributed by atoms with Gasteiger partial charge in [-0.25, -0.2) is 8.78 Å². The van der Waals surface area contributed by atoms with E-state index in [2.05, 4.69) is 5.48 Å². The maximum absolute atomic E-state index is 15.3. The smallest absolute Gasteiger partial charge is 0.138 e. The monoisotopic (exact) mass is 355 g/mol. The zero-order valence-electron chi connectivity index (χ0n) is 14.6. The van der Waals surface area contributed by atoms with Crippen LogP contribution in [0.4, 0.5) is 14.5 Å². The summed E-state index contributed by atoms with van der Waals surface area (Å²) < 4.78 is 33.7. The molecule has 0 radical (unpaired) electrons. The summed E-state index contributed by atoms with van der Waals surface area (Å²) in [7, 11) is 3.02. The number of ether oxygens (including phenoxy) is 1. The topological polar surface area (TPSA) is 30.5 Å². The molecule has 134 valence electrons. The van der Waals surface area contributed by atoms with E-state index in [9.17, 15) is 4.39 Å². The van der Waals surface area contributed by atoms with Crippen molar-refractivity contribution < 1.29 is 18.4 Å². The molecule has 3 rings (SSSR count). The molecule has 0 aliphatic heterocycles. The van der Waals surface area contributed by atoms with Gasteiger partial charge < -0.3 is 4.74 Å². The number of halogens is 2. The summed E-state index contributed by atoms with van der Waals surface area (Å²) in [4.78, 5) is 4.91. The van der Waals surface area contributed by atoms with Gasteiger partial charge in [0.15, 0.2) is 0 Å². The van der Waals surface area contributed by atoms with E-state index in [1.54, 1.807) is 30.3 Å². The summed E-state index contributed by atoms with van der Waals surface area (Å²) in [5.41, 5.74) is 5.83. The lowest BCUT2D eigenvalue weighted by molar-refractivity contribution is 0.271. The van der Waals surface area contributed by atoms with Gasteiger partial charge in [-0.15, -0.1) is 0 Å². The first-order valence-electron chi connectivity index (χ1n) is 8.11. The Morgan fingerprint density at radius 3 is 2.38 bits per heavy atom. The highest BCUT2D eigenvalue weighted by Crippen LogP contribution is 2.36. The summed E-state index contributed by atoms with van der Waals surface area (Å²) in [5.74, 6) is -0.227. The van der Waals surface area contributed by atoms with Crippen LogP contribution in [0.2, 0.25) is 0 Å². The predicted octanol–water partition coefficient (Wildman–Crippen LogP) is 5.20. The molecule has 3 nitrogen and oxygen atoms in total. The van der Waals surface area contributed by atoms with Gasteiger partial charge >= 0.3 is 0 Å². The van der Waals surface area contributed by atoms with Crippen molar-refractivity contribution in [1.29, 1.82) is 0 Å². The normalized spacial score (nSPS) is 10.6. The second kappa shape index (κ2) is 7.97. The van der Waals surface area contributed by atoms with Crippen LogP contribution in [0.15, 0.2) is 60.7 Å². The average Bonchev–Trinajstić information content (AvgIpc) is 2.65. The van der Waals surface area contributed by atoms with Crippen molar-refractivity contribution in [2.45, 2.75) is 6.42 Å². The zero-order chi connectivity index (χ0) is 18.5. The maximum Gasteiger partial charge on any atom is 0.138 e. The molecule has 1 N–H and O–H groups in total. The van der Waals surface area contributed by atoms with Gasteiger partial charge in [0, 0.05) is 6.42 Å². The molecule has 0 aliphatic rings. The van der Waals surface area contributed by atoms with E-state index in [0.717, 1.165) is 5.56 Å². The minimum Gasteiger partial charge on any atom is -0.496 e. The number of hydrogen-bond acceptors (Lipinski definition) is 3. The van der Waals surface area contributed by atoms with E-state index in [1.807, 2.05) is 18.2 Å². The summed E-state index contributed by atoms with van der Waals surface area (Å²) in [6, 6.07) is 16.7. The van der Waals surface area contributed by atoms with Gasteiger partial charge in [-0.05, 0) is 47.0 Å². The first-order chi connectivity index (χ1) is 12.6. The highest BCUT2D eigenvalue weighted by molar-refractivity contribution is 5.74. The summed E-state index contributed by atoms with van der Waals surface area (Å²) >= 11 is 0. The van der Waals surface area contributed by atoms with Crippen LogP contribution in [0.25, 0.3) is 11.1 Å². The molecule has 0 amide bonds. The average molecular weight is 355 g/mol. The lowest BCUT2D eigenvalue weighted by Crippen LogP contribution is -2.00. The van der Waals surface area contributed by atoms with Crippen molar-refractivity contribution in [1.82, 2.24) is 0 Å². The van der Waals surface area contributed by atoms with Gasteiger partial charge in [-0.2, -0.15) is 0 Å². The van der Waals surface area contributed by atoms with Gasteiger partial charge in [-0.3, -0.25) is 10.3 Å². The number of anilines is 1. The predicted molar refractivity (Wildman–Crippen MR) is 98.2 cm³/mol. The second-order valence-corrected chi connectivity index (χ2v) is 5.81. The summed E-state index contributed by atoms with van der Waals surface area (Å²) in [5, 5.41) is 0. The van der Waals surface area contributed by atoms with E-state index >= 15 is 4.39 Å². The Bertz CT molecular complexity index is 895. The number of nitrogens with one attached hydrogen (secondary N) is 1. The van der Waals surface area contributed by atoms with E-state index in [4.69, 9.17) is 9.57 Å². The van der Waals surface area contributed by atoms with Crippen LogP contribution >= 0.6 is 0 Å². The van der Waals surface area contributed by atoms with Crippen molar-refractivity contribution in [2.24, 2.45) is 0 Å². The molecule has 0 aromatic heterocycles. The van der Waals surface area contributed by atoms with Crippen LogP contribution < -0.4 is 10.2 Å². The van der Waals surface area contributed by atoms with Gasteiger partial charge in [0.1, 0.15) is 17.4 Å². The molecule has 0 saturated heterocycles. The zero-order valence-corrected chi connectivity index (χ0v) is 14.6. The van der Waals surface area contributed by atoms with Crippen LogP contribution in [0.3, 0.4) is 0 Å². The van der Waals surface area contributed by atoms with E-state index < -0.39 is 0 Å². The van der Waals surface area contributed by atoms with Crippen LogP contribution in [-0.4, -0.2) is 14.2 Å². The minimum atomic E-state index is -0.358. The SMILES string of the molecule is CONc1cccc(-c2c(OC)ccc(Cc3ccc(F)cc3)c2F)c1. The van der Waals surface area contributed by atoms with Crippen LogP contribution in [0.5, 0.6) is 5.75 Å². The number of benzene rings is 3. The molecule has 5 heteroatoms. The molecule has 3 aromatic rings. The lowest BCUT2D eigenvalue weighted by Gasteiger charge is -2.14. The van der Waals surface area contributed by atoms with Crippen molar-refractivity contribution in [3.63, 3.8) is 0 Å². The van der Waals surface area contributed by atoms with E-state index in [1.165, 1.54) is 26.4 Å². The molecule has 0 unspecified atom stereocenters. The Labute approximate surface area is 151 Å². The molecular weight excluding hydrogens is 336 g/mol. The Morgan fingerprint density at radius 1 is 0.923 bits per heavy atom. The molecular formula is C21H19F2NO2. The fraction of sp³-hybridized carbons (Fsp3) is 0.143. The molecule has 0 fully saturated rings. The first-order valence-corrected chi connectivity index (χ1v) is 8.11. The second-order valence-electron chi connectivity index (χ2n) is 5.81. The Kier molecular flexibility index (Phi) is 5.49. The molecule has 3 aromatic carbocycles. The number of hydrogen-bond donors (Lipinski definition) is 1. The molecule has 0 bridgehead atoms. The maximum atomic E-state index is 15.3. The molecule has 26 heavy (non-hydrogen) atoms. The molecule has 0 aliphatic carbocycles. The third-order valence-corrected chi connectivity index (χ3v) is 4.08. The Hall–Kier alpha value is -2.92. The molecule has 0 saturated carbocycles. The van der Waals surface area contributed by atoms with E-state index in [-0.39, 0.29) is 11.6 Å². The minimum absolute atomic E-state index is 0.313. The lowest BCUT2D eigenvalue weighted by atomic mass is 9.97. The quantitative estimate of drug-likeness (QED) is 0.616. The van der Waals surface area contributed by atoms with E-state index in [0.29, 0.717) is 34.5 Å². The van der Waals surface area contributed by atoms with Crippen molar-refractivity contribution in [2.75, 3.05) is 19.7 Å². The van der Waals surface area contributed by atoms with Crippen LogP contribution in [0, 0.1) is 11.6 Å². The standard InChI is InChI=1S/C21H19F2NO2/c1-25-19-11-8-16(12-14-6-9-17(22)10-7-14)21(23)20(19)15-4-3-5-18(13-15)24-26-2/h3-11,13,24H,12H2,1-2H3. The highest BCUT2D eigenvalue weighted by atomic mass is 19.1. The van der Waals surface area contributed by atoms with Crippen molar-refractivity contribution in [3.05, 3.63) is 83.4 Å². The largest absolute Gasteiger partial charge is 0.496 e. The Balaban J connectivity index is 2.03. The summed E-state index contributed by atoms with van der Waals surface area (Å²) in [6.07, 6.45) is 0.360. The molecule has 0 heterocycles. The number of methoxy groups -OCH3 is 1. The van der Waals surface area contributed by atoms with Crippen molar-refractivity contribution >= 4 is 5.69 Å². The van der Waals surface area contributed by atoms with Crippen LogP contribution in [0.1, 0.15) is 11.1 Å². The van der Waals surface area contributed by atoms with Gasteiger partial charge in [-0.1, -0.05) is 30.3 Å². The van der Waals surface area contributed by atoms with Gasteiger partial charge in [0.05, 0.1) is 25.5 Å². The fourth-order valence-corrected chi connectivity index (χ4v) is 2.86. The first kappa shape index (κ1) is 17.9. The number of rotatable bonds is 6. The van der Waals surface area contributed by atoms with Crippen LogP contribution in [-0.2, 0) is 11.3 Å². The summed E-state index contributed by atoms with van der Waals surface area (Å²) in [6.45, 7) is 0. The Morgan fingerprint density at radius 2 is 1.69 bits per heavy atom. The van der Waals surface area contributed by atoms with Crippen molar-refractivity contribution in [3.8, 4) is 16.9 Å². The third-order valence-electron chi connectivity index (χ3n) is 4.08. The van der Waals surface area contributed by atoms with Gasteiger partial charge in [0.25, 0.3) is 0 Å². The van der Waals surface area contributed by atoms with Gasteiger partial charge in [0.2, 0.25) is 0 Å². The highest BCUT2D eigenvalue weighted by Gasteiger charge is 2.17. The fourth-order valence-electron chi connectivity index (χ4n) is 2.86. The molecule has 0 spiro atoms.